The number of esters is 1. The van der Waals surface area contributed by atoms with Crippen LogP contribution < -0.4 is 10.6 Å². The van der Waals surface area contributed by atoms with E-state index in [1.807, 2.05) is 28.8 Å². The Morgan fingerprint density at radius 3 is 2.68 bits per heavy atom. The average molecular weight is 463 g/mol. The molecule has 0 spiro atoms. The summed E-state index contributed by atoms with van der Waals surface area (Å²) < 4.78 is 12.6. The van der Waals surface area contributed by atoms with Crippen molar-refractivity contribution in [3.05, 3.63) is 53.9 Å². The second kappa shape index (κ2) is 9.85. The van der Waals surface area contributed by atoms with Crippen LogP contribution in [0.5, 0.6) is 0 Å². The van der Waals surface area contributed by atoms with E-state index in [-0.39, 0.29) is 5.91 Å². The van der Waals surface area contributed by atoms with Crippen molar-refractivity contribution in [3.8, 4) is 0 Å². The highest BCUT2D eigenvalue weighted by atomic mass is 16.5. The predicted octanol–water partition coefficient (Wildman–Crippen LogP) is 4.15. The van der Waals surface area contributed by atoms with Crippen LogP contribution in [0.15, 0.2) is 42.6 Å². The number of hydrogen-bond acceptors (Lipinski definition) is 6. The van der Waals surface area contributed by atoms with Crippen molar-refractivity contribution in [2.45, 2.75) is 57.2 Å². The van der Waals surface area contributed by atoms with E-state index >= 15 is 0 Å². The maximum absolute atomic E-state index is 13.0. The number of carbonyl (C=O) groups is 2. The second-order valence-corrected chi connectivity index (χ2v) is 8.96. The fraction of sp³-hybridized carbons (Fsp3) is 0.423. The van der Waals surface area contributed by atoms with Gasteiger partial charge in [0.25, 0.3) is 5.91 Å². The van der Waals surface area contributed by atoms with E-state index in [4.69, 9.17) is 14.5 Å². The molecule has 1 aromatic carbocycles. The highest BCUT2D eigenvalue weighted by Gasteiger charge is 2.30. The Hall–Kier alpha value is -3.39. The highest BCUT2D eigenvalue weighted by Crippen LogP contribution is 2.34. The fourth-order valence-corrected chi connectivity index (χ4v) is 4.62. The molecule has 34 heavy (non-hydrogen) atoms. The molecule has 1 aliphatic carbocycles. The van der Waals surface area contributed by atoms with Crippen molar-refractivity contribution in [1.82, 2.24) is 9.55 Å². The number of nitrogens with one attached hydrogen (secondary N) is 2. The van der Waals surface area contributed by atoms with Crippen LogP contribution in [0.3, 0.4) is 0 Å². The lowest BCUT2D eigenvalue weighted by Gasteiger charge is -2.27. The van der Waals surface area contributed by atoms with Crippen LogP contribution in [0.4, 0.5) is 11.4 Å². The Morgan fingerprint density at radius 2 is 2.00 bits per heavy atom. The first-order valence-corrected chi connectivity index (χ1v) is 12.0. The minimum absolute atomic E-state index is 0.248. The van der Waals surface area contributed by atoms with Crippen molar-refractivity contribution < 1.29 is 19.1 Å². The Labute approximate surface area is 198 Å². The van der Waals surface area contributed by atoms with E-state index < -0.39 is 12.1 Å². The highest BCUT2D eigenvalue weighted by molar-refractivity contribution is 6.12. The summed E-state index contributed by atoms with van der Waals surface area (Å²) in [7, 11) is 1.35. The van der Waals surface area contributed by atoms with Gasteiger partial charge in [0.05, 0.1) is 24.7 Å². The van der Waals surface area contributed by atoms with E-state index in [1.165, 1.54) is 13.5 Å². The number of anilines is 2. The molecule has 178 valence electrons. The van der Waals surface area contributed by atoms with Crippen LogP contribution in [0.1, 0.15) is 48.2 Å². The van der Waals surface area contributed by atoms with E-state index in [0.717, 1.165) is 30.5 Å². The van der Waals surface area contributed by atoms with Crippen molar-refractivity contribution in [1.29, 1.82) is 0 Å². The molecule has 1 saturated heterocycles. The molecule has 1 amide bonds. The normalized spacial score (nSPS) is 18.0. The summed E-state index contributed by atoms with van der Waals surface area (Å²) in [5, 5.41) is 7.21. The lowest BCUT2D eigenvalue weighted by atomic mass is 9.93. The van der Waals surface area contributed by atoms with E-state index in [2.05, 4.69) is 22.8 Å². The average Bonchev–Trinajstić information content (AvgIpc) is 3.47. The van der Waals surface area contributed by atoms with Gasteiger partial charge in [-0.25, -0.2) is 9.78 Å². The molecule has 1 atom stereocenters. The molecule has 1 aliphatic heterocycles. The Morgan fingerprint density at radius 1 is 1.18 bits per heavy atom. The van der Waals surface area contributed by atoms with E-state index in [9.17, 15) is 9.59 Å². The minimum Gasteiger partial charge on any atom is -0.464 e. The molecule has 0 bridgehead atoms. The molecule has 3 heterocycles. The number of aromatic nitrogens is 2. The number of nitrogens with zero attached hydrogens (tertiary/aromatic N) is 2. The first-order valence-electron chi connectivity index (χ1n) is 12.0. The van der Waals surface area contributed by atoms with Gasteiger partial charge in [0.1, 0.15) is 11.8 Å². The molecule has 3 aromatic rings. The van der Waals surface area contributed by atoms with E-state index in [1.54, 1.807) is 6.20 Å². The molecule has 2 N–H and O–H groups in total. The van der Waals surface area contributed by atoms with Crippen LogP contribution in [0, 0.1) is 0 Å². The van der Waals surface area contributed by atoms with Crippen LogP contribution in [-0.2, 0) is 27.2 Å². The molecular formula is C26H30N4O4. The maximum Gasteiger partial charge on any atom is 0.356 e. The SMILES string of the molecule is COC(=O)c1c(NC(=O)C2CCCO2)c2cc(NC3CCC3)cnc2n1CCc1ccccc1. The molecule has 8 nitrogen and oxygen atoms in total. The molecule has 1 saturated carbocycles. The van der Waals surface area contributed by atoms with Gasteiger partial charge in [0, 0.05) is 24.6 Å². The standard InChI is InChI=1S/C26H30N4O4/c1-33-26(32)23-22(29-25(31)21-11-6-14-34-21)20-15-19(28-18-9-5-10-18)16-27-24(20)30(23)13-12-17-7-3-2-4-8-17/h2-4,7-8,15-16,18,21,28H,5-6,9-14H2,1H3,(H,29,31). The number of methoxy groups -OCH3 is 1. The minimum atomic E-state index is -0.516. The van der Waals surface area contributed by atoms with E-state index in [0.29, 0.717) is 54.4 Å². The van der Waals surface area contributed by atoms with Gasteiger partial charge in [-0.1, -0.05) is 30.3 Å². The van der Waals surface area contributed by atoms with Crippen molar-refractivity contribution in [2.24, 2.45) is 0 Å². The van der Waals surface area contributed by atoms with Crippen LogP contribution in [0.25, 0.3) is 11.0 Å². The smallest absolute Gasteiger partial charge is 0.356 e. The Bertz CT molecular complexity index is 1180. The number of fused-ring (bicyclic) bond motifs is 1. The third-order valence-corrected chi connectivity index (χ3v) is 6.69. The number of aryl methyl sites for hydroxylation is 2. The van der Waals surface area contributed by atoms with Gasteiger partial charge in [-0.15, -0.1) is 0 Å². The van der Waals surface area contributed by atoms with Crippen molar-refractivity contribution >= 4 is 34.3 Å². The summed E-state index contributed by atoms with van der Waals surface area (Å²) in [6.45, 7) is 1.08. The first kappa shape index (κ1) is 22.4. The summed E-state index contributed by atoms with van der Waals surface area (Å²) in [6.07, 6.45) is 6.98. The lowest BCUT2D eigenvalue weighted by molar-refractivity contribution is -0.124. The van der Waals surface area contributed by atoms with Gasteiger partial charge < -0.3 is 24.7 Å². The summed E-state index contributed by atoms with van der Waals surface area (Å²) in [6, 6.07) is 12.5. The van der Waals surface area contributed by atoms with Gasteiger partial charge in [-0.05, 0) is 50.2 Å². The largest absolute Gasteiger partial charge is 0.464 e. The van der Waals surface area contributed by atoms with Gasteiger partial charge >= 0.3 is 5.97 Å². The molecule has 1 unspecified atom stereocenters. The summed E-state index contributed by atoms with van der Waals surface area (Å²) in [5.74, 6) is -0.760. The summed E-state index contributed by atoms with van der Waals surface area (Å²) in [5.41, 5.74) is 3.39. The van der Waals surface area contributed by atoms with Crippen molar-refractivity contribution in [2.75, 3.05) is 24.4 Å². The second-order valence-electron chi connectivity index (χ2n) is 8.96. The third-order valence-electron chi connectivity index (χ3n) is 6.69. The predicted molar refractivity (Wildman–Crippen MR) is 130 cm³/mol. The molecule has 8 heteroatoms. The topological polar surface area (TPSA) is 94.5 Å². The molecule has 2 fully saturated rings. The van der Waals surface area contributed by atoms with Gasteiger partial charge in [0.2, 0.25) is 0 Å². The van der Waals surface area contributed by atoms with Gasteiger partial charge in [-0.3, -0.25) is 4.79 Å². The monoisotopic (exact) mass is 462 g/mol. The zero-order chi connectivity index (χ0) is 23.5. The number of hydrogen-bond donors (Lipinski definition) is 2. The Balaban J connectivity index is 1.57. The number of ether oxygens (including phenoxy) is 2. The van der Waals surface area contributed by atoms with Crippen molar-refractivity contribution in [3.63, 3.8) is 0 Å². The zero-order valence-corrected chi connectivity index (χ0v) is 19.4. The first-order chi connectivity index (χ1) is 16.6. The summed E-state index contributed by atoms with van der Waals surface area (Å²) in [4.78, 5) is 30.7. The third kappa shape index (κ3) is 4.50. The van der Waals surface area contributed by atoms with Gasteiger partial charge in [-0.2, -0.15) is 0 Å². The molecule has 2 aromatic heterocycles. The fourth-order valence-electron chi connectivity index (χ4n) is 4.62. The Kier molecular flexibility index (Phi) is 6.49. The number of pyridine rings is 1. The molecular weight excluding hydrogens is 432 g/mol. The quantitative estimate of drug-likeness (QED) is 0.489. The summed E-state index contributed by atoms with van der Waals surface area (Å²) >= 11 is 0. The molecule has 5 rings (SSSR count). The molecule has 2 aliphatic rings. The zero-order valence-electron chi connectivity index (χ0n) is 19.4. The van der Waals surface area contributed by atoms with Crippen LogP contribution in [0.2, 0.25) is 0 Å². The number of amides is 1. The number of rotatable bonds is 8. The number of carbonyl (C=O) groups excluding carboxylic acids is 2. The lowest BCUT2D eigenvalue weighted by Crippen LogP contribution is -2.28. The van der Waals surface area contributed by atoms with Crippen LogP contribution in [-0.4, -0.2) is 47.3 Å². The number of benzene rings is 1. The van der Waals surface area contributed by atoms with Crippen LogP contribution >= 0.6 is 0 Å². The molecule has 0 radical (unpaired) electrons. The van der Waals surface area contributed by atoms with Gasteiger partial charge in [0.15, 0.2) is 5.69 Å². The maximum atomic E-state index is 13.0.